The van der Waals surface area contributed by atoms with E-state index in [1.807, 2.05) is 0 Å². The molecule has 0 aromatic heterocycles. The van der Waals surface area contributed by atoms with Crippen LogP contribution < -0.4 is 11.1 Å². The zero-order valence-electron chi connectivity index (χ0n) is 13.2. The van der Waals surface area contributed by atoms with E-state index in [-0.39, 0.29) is 17.6 Å². The van der Waals surface area contributed by atoms with Crippen molar-refractivity contribution in [3.8, 4) is 0 Å². The van der Waals surface area contributed by atoms with E-state index in [1.165, 1.54) is 0 Å². The maximum Gasteiger partial charge on any atom is 0.251 e. The predicted octanol–water partition coefficient (Wildman–Crippen LogP) is 0.912. The van der Waals surface area contributed by atoms with Gasteiger partial charge >= 0.3 is 0 Å². The predicted molar refractivity (Wildman–Crippen MR) is 86.3 cm³/mol. The van der Waals surface area contributed by atoms with Crippen LogP contribution >= 0.6 is 0 Å². The Bertz CT molecular complexity index is 592. The first-order valence-electron chi connectivity index (χ1n) is 7.70. The molecule has 0 unspecified atom stereocenters. The molecule has 1 atom stereocenters. The molecule has 4 N–H and O–H groups in total. The molecule has 2 amide bonds. The van der Waals surface area contributed by atoms with Gasteiger partial charge in [-0.05, 0) is 38.3 Å². The van der Waals surface area contributed by atoms with Gasteiger partial charge in [0.15, 0.2) is 5.84 Å². The molecule has 1 aromatic carbocycles. The smallest absolute Gasteiger partial charge is 0.251 e. The Balaban J connectivity index is 1.96. The highest BCUT2D eigenvalue weighted by molar-refractivity contribution is 6.00. The number of amides is 2. The van der Waals surface area contributed by atoms with Crippen molar-refractivity contribution in [2.75, 3.05) is 13.1 Å². The summed E-state index contributed by atoms with van der Waals surface area (Å²) in [5.41, 5.74) is 6.40. The van der Waals surface area contributed by atoms with Crippen molar-refractivity contribution in [1.29, 1.82) is 0 Å². The first-order chi connectivity index (χ1) is 11.0. The van der Waals surface area contributed by atoms with E-state index in [2.05, 4.69) is 10.5 Å². The summed E-state index contributed by atoms with van der Waals surface area (Å²) in [4.78, 5) is 26.3. The molecule has 7 nitrogen and oxygen atoms in total. The summed E-state index contributed by atoms with van der Waals surface area (Å²) in [7, 11) is 0. The average molecular weight is 318 g/mol. The lowest BCUT2D eigenvalue weighted by Gasteiger charge is -2.29. The SMILES string of the molecule is C[C@H](NC(=O)c1ccc(/C(N)=N/O)cc1)C(=O)N1CCCCC1. The van der Waals surface area contributed by atoms with Crippen LogP contribution in [0.15, 0.2) is 29.4 Å². The molecular formula is C16H22N4O3. The minimum absolute atomic E-state index is 0.0226. The highest BCUT2D eigenvalue weighted by Crippen LogP contribution is 2.10. The quantitative estimate of drug-likeness (QED) is 0.332. The average Bonchev–Trinajstić information content (AvgIpc) is 2.61. The number of oxime groups is 1. The van der Waals surface area contributed by atoms with Crippen LogP contribution in [-0.2, 0) is 4.79 Å². The summed E-state index contributed by atoms with van der Waals surface area (Å²) >= 11 is 0. The van der Waals surface area contributed by atoms with Gasteiger partial charge in [-0.3, -0.25) is 9.59 Å². The third kappa shape index (κ3) is 4.21. The van der Waals surface area contributed by atoms with Gasteiger partial charge < -0.3 is 21.2 Å². The molecule has 0 bridgehead atoms. The van der Waals surface area contributed by atoms with Crippen molar-refractivity contribution in [3.05, 3.63) is 35.4 Å². The number of nitrogens with one attached hydrogen (secondary N) is 1. The molecule has 1 aromatic rings. The van der Waals surface area contributed by atoms with Gasteiger partial charge in [0.2, 0.25) is 5.91 Å². The Morgan fingerprint density at radius 2 is 1.74 bits per heavy atom. The summed E-state index contributed by atoms with van der Waals surface area (Å²) in [6.45, 7) is 3.21. The Labute approximate surface area is 135 Å². The van der Waals surface area contributed by atoms with Gasteiger partial charge in [0.1, 0.15) is 6.04 Å². The standard InChI is InChI=1S/C16H22N4O3/c1-11(16(22)20-9-3-2-4-10-20)18-15(21)13-7-5-12(6-8-13)14(17)19-23/h5-8,11,23H,2-4,9-10H2,1H3,(H2,17,19)(H,18,21)/t11-/m0/s1. The number of hydrogen-bond donors (Lipinski definition) is 3. The van der Waals surface area contributed by atoms with E-state index in [0.29, 0.717) is 11.1 Å². The number of carbonyl (C=O) groups is 2. The molecule has 1 saturated heterocycles. The van der Waals surface area contributed by atoms with E-state index >= 15 is 0 Å². The van der Waals surface area contributed by atoms with Crippen LogP contribution in [0.4, 0.5) is 0 Å². The number of amidine groups is 1. The largest absolute Gasteiger partial charge is 0.409 e. The molecule has 1 aliphatic rings. The van der Waals surface area contributed by atoms with E-state index in [0.717, 1.165) is 32.4 Å². The summed E-state index contributed by atoms with van der Waals surface area (Å²) in [6.07, 6.45) is 3.18. The van der Waals surface area contributed by atoms with Crippen molar-refractivity contribution in [2.45, 2.75) is 32.2 Å². The van der Waals surface area contributed by atoms with Crippen LogP contribution in [0, 0.1) is 0 Å². The lowest BCUT2D eigenvalue weighted by molar-refractivity contribution is -0.133. The molecule has 0 saturated carbocycles. The van der Waals surface area contributed by atoms with Crippen LogP contribution in [-0.4, -0.2) is 46.9 Å². The molecule has 0 spiro atoms. The highest BCUT2D eigenvalue weighted by atomic mass is 16.4. The van der Waals surface area contributed by atoms with Crippen LogP contribution in [0.3, 0.4) is 0 Å². The first kappa shape index (κ1) is 16.8. The van der Waals surface area contributed by atoms with E-state index in [4.69, 9.17) is 10.9 Å². The van der Waals surface area contributed by atoms with Gasteiger partial charge in [0.05, 0.1) is 0 Å². The molecule has 23 heavy (non-hydrogen) atoms. The zero-order valence-corrected chi connectivity index (χ0v) is 13.2. The molecule has 1 aliphatic heterocycles. The topological polar surface area (TPSA) is 108 Å². The Morgan fingerprint density at radius 1 is 1.17 bits per heavy atom. The first-order valence-corrected chi connectivity index (χ1v) is 7.70. The molecule has 1 heterocycles. The second kappa shape index (κ2) is 7.62. The third-order valence-electron chi connectivity index (χ3n) is 3.94. The molecule has 0 aliphatic carbocycles. The van der Waals surface area contributed by atoms with E-state index < -0.39 is 6.04 Å². The van der Waals surface area contributed by atoms with Crippen molar-refractivity contribution in [1.82, 2.24) is 10.2 Å². The fourth-order valence-electron chi connectivity index (χ4n) is 2.58. The van der Waals surface area contributed by atoms with Crippen molar-refractivity contribution < 1.29 is 14.8 Å². The number of carbonyl (C=O) groups excluding carboxylic acids is 2. The van der Waals surface area contributed by atoms with Gasteiger partial charge in [-0.2, -0.15) is 0 Å². The van der Waals surface area contributed by atoms with Crippen LogP contribution in [0.5, 0.6) is 0 Å². The summed E-state index contributed by atoms with van der Waals surface area (Å²) in [6, 6.07) is 5.74. The third-order valence-corrected chi connectivity index (χ3v) is 3.94. The van der Waals surface area contributed by atoms with Gasteiger partial charge in [-0.15, -0.1) is 0 Å². The van der Waals surface area contributed by atoms with E-state index in [9.17, 15) is 9.59 Å². The Morgan fingerprint density at radius 3 is 2.30 bits per heavy atom. The van der Waals surface area contributed by atoms with Crippen LogP contribution in [0.2, 0.25) is 0 Å². The van der Waals surface area contributed by atoms with Crippen molar-refractivity contribution >= 4 is 17.6 Å². The number of nitrogens with two attached hydrogens (primary N) is 1. The monoisotopic (exact) mass is 318 g/mol. The lowest BCUT2D eigenvalue weighted by Crippen LogP contribution is -2.48. The van der Waals surface area contributed by atoms with Gasteiger partial charge in [0.25, 0.3) is 5.91 Å². The molecule has 2 rings (SSSR count). The second-order valence-electron chi connectivity index (χ2n) is 5.64. The number of hydrogen-bond acceptors (Lipinski definition) is 4. The van der Waals surface area contributed by atoms with Gasteiger partial charge in [-0.25, -0.2) is 0 Å². The van der Waals surface area contributed by atoms with Crippen molar-refractivity contribution in [3.63, 3.8) is 0 Å². The molecular weight excluding hydrogens is 296 g/mol. The minimum Gasteiger partial charge on any atom is -0.409 e. The van der Waals surface area contributed by atoms with Crippen LogP contribution in [0.25, 0.3) is 0 Å². The minimum atomic E-state index is -0.565. The van der Waals surface area contributed by atoms with Gasteiger partial charge in [-0.1, -0.05) is 17.3 Å². The molecule has 7 heteroatoms. The number of piperidine rings is 1. The van der Waals surface area contributed by atoms with E-state index in [1.54, 1.807) is 36.1 Å². The molecule has 124 valence electrons. The Hall–Kier alpha value is -2.57. The Kier molecular flexibility index (Phi) is 5.56. The number of likely N-dealkylation sites (tertiary alicyclic amines) is 1. The maximum absolute atomic E-state index is 12.3. The summed E-state index contributed by atoms with van der Waals surface area (Å²) < 4.78 is 0. The second-order valence-corrected chi connectivity index (χ2v) is 5.64. The fraction of sp³-hybridized carbons (Fsp3) is 0.438. The highest BCUT2D eigenvalue weighted by Gasteiger charge is 2.23. The fourth-order valence-corrected chi connectivity index (χ4v) is 2.58. The van der Waals surface area contributed by atoms with Crippen molar-refractivity contribution in [2.24, 2.45) is 10.9 Å². The lowest BCUT2D eigenvalue weighted by atomic mass is 10.1. The zero-order chi connectivity index (χ0) is 16.8. The number of benzene rings is 1. The molecule has 1 fully saturated rings. The van der Waals surface area contributed by atoms with Gasteiger partial charge in [0, 0.05) is 24.2 Å². The summed E-state index contributed by atoms with van der Waals surface area (Å²) in [5.74, 6) is -0.397. The maximum atomic E-state index is 12.3. The summed E-state index contributed by atoms with van der Waals surface area (Å²) in [5, 5.41) is 14.2. The van der Waals surface area contributed by atoms with Crippen LogP contribution in [0.1, 0.15) is 42.1 Å². The number of nitrogens with zero attached hydrogens (tertiary/aromatic N) is 2. The normalized spacial score (nSPS) is 16.7. The molecule has 0 radical (unpaired) electrons. The number of rotatable bonds is 4.